The van der Waals surface area contributed by atoms with Gasteiger partial charge in [0.15, 0.2) is 11.4 Å². The molecule has 7 heteroatoms. The van der Waals surface area contributed by atoms with Crippen molar-refractivity contribution in [3.63, 3.8) is 0 Å². The molecule has 0 saturated carbocycles. The van der Waals surface area contributed by atoms with E-state index in [9.17, 15) is 9.59 Å². The minimum absolute atomic E-state index is 0.0179. The van der Waals surface area contributed by atoms with Crippen LogP contribution in [-0.4, -0.2) is 30.5 Å². The van der Waals surface area contributed by atoms with Gasteiger partial charge in [0.2, 0.25) is 0 Å². The molecule has 1 N–H and O–H groups in total. The van der Waals surface area contributed by atoms with Gasteiger partial charge in [-0.25, -0.2) is 15.0 Å². The van der Waals surface area contributed by atoms with E-state index >= 15 is 0 Å². The number of Topliss-reactive ketones (excluding diaryl/α,β-unsaturated/α-hetero) is 1. The van der Waals surface area contributed by atoms with Crippen LogP contribution in [0.2, 0.25) is 0 Å². The molecule has 7 nitrogen and oxygen atoms in total. The number of carbonyl (C=O) groups excluding carboxylic acids is 1. The SMILES string of the molecule is Cc1cc(C)nc(-n2[nH]c3ncc4c(c3c2=O)C[C@@H](c2ccccc2)CC4=O)n1. The fourth-order valence-corrected chi connectivity index (χ4v) is 4.15. The number of aromatic nitrogens is 5. The second kappa shape index (κ2) is 6.48. The Bertz CT molecular complexity index is 1300. The average molecular weight is 385 g/mol. The first kappa shape index (κ1) is 17.5. The van der Waals surface area contributed by atoms with Crippen LogP contribution in [0.1, 0.15) is 45.2 Å². The van der Waals surface area contributed by atoms with Crippen molar-refractivity contribution in [3.8, 4) is 5.95 Å². The first-order valence-electron chi connectivity index (χ1n) is 9.54. The zero-order valence-corrected chi connectivity index (χ0v) is 16.1. The Morgan fingerprint density at radius 1 is 1.03 bits per heavy atom. The molecule has 3 aromatic heterocycles. The molecule has 1 aliphatic rings. The van der Waals surface area contributed by atoms with Crippen LogP contribution in [0, 0.1) is 13.8 Å². The van der Waals surface area contributed by atoms with Gasteiger partial charge < -0.3 is 0 Å². The highest BCUT2D eigenvalue weighted by molar-refractivity contribution is 6.02. The van der Waals surface area contributed by atoms with Gasteiger partial charge in [0.1, 0.15) is 0 Å². The maximum atomic E-state index is 13.3. The Balaban J connectivity index is 1.70. The largest absolute Gasteiger partial charge is 0.294 e. The Labute approximate surface area is 166 Å². The molecule has 144 valence electrons. The van der Waals surface area contributed by atoms with Crippen molar-refractivity contribution in [2.24, 2.45) is 0 Å². The topological polar surface area (TPSA) is 93.5 Å². The van der Waals surface area contributed by atoms with Crippen LogP contribution in [-0.2, 0) is 6.42 Å². The lowest BCUT2D eigenvalue weighted by molar-refractivity contribution is 0.0964. The van der Waals surface area contributed by atoms with E-state index in [1.165, 1.54) is 4.68 Å². The number of pyridine rings is 1. The fraction of sp³-hybridized carbons (Fsp3) is 0.227. The lowest BCUT2D eigenvalue weighted by Crippen LogP contribution is -2.22. The van der Waals surface area contributed by atoms with E-state index < -0.39 is 0 Å². The number of H-pyrrole nitrogens is 1. The van der Waals surface area contributed by atoms with Crippen molar-refractivity contribution in [3.05, 3.63) is 81.0 Å². The van der Waals surface area contributed by atoms with E-state index in [0.29, 0.717) is 29.4 Å². The van der Waals surface area contributed by atoms with Gasteiger partial charge in [-0.2, -0.15) is 4.68 Å². The van der Waals surface area contributed by atoms with Gasteiger partial charge in [-0.1, -0.05) is 30.3 Å². The van der Waals surface area contributed by atoms with E-state index in [0.717, 1.165) is 22.5 Å². The second-order valence-electron chi connectivity index (χ2n) is 7.52. The number of hydrogen-bond donors (Lipinski definition) is 1. The molecule has 0 aliphatic heterocycles. The van der Waals surface area contributed by atoms with Crippen molar-refractivity contribution < 1.29 is 4.79 Å². The summed E-state index contributed by atoms with van der Waals surface area (Å²) in [4.78, 5) is 39.2. The zero-order chi connectivity index (χ0) is 20.1. The summed E-state index contributed by atoms with van der Waals surface area (Å²) < 4.78 is 1.31. The molecule has 5 rings (SSSR count). The van der Waals surface area contributed by atoms with Crippen LogP contribution < -0.4 is 5.56 Å². The number of aromatic amines is 1. The molecule has 0 saturated heterocycles. The summed E-state index contributed by atoms with van der Waals surface area (Å²) in [5, 5.41) is 3.45. The summed E-state index contributed by atoms with van der Waals surface area (Å²) in [6.45, 7) is 3.71. The normalized spacial score (nSPS) is 16.2. The minimum Gasteiger partial charge on any atom is -0.294 e. The van der Waals surface area contributed by atoms with E-state index in [1.54, 1.807) is 6.20 Å². The quantitative estimate of drug-likeness (QED) is 0.572. The average Bonchev–Trinajstić information content (AvgIpc) is 3.05. The summed E-state index contributed by atoms with van der Waals surface area (Å²) in [5.41, 5.74) is 4.09. The zero-order valence-electron chi connectivity index (χ0n) is 16.1. The van der Waals surface area contributed by atoms with Gasteiger partial charge in [-0.3, -0.25) is 14.7 Å². The number of fused-ring (bicyclic) bond motifs is 3. The number of hydrogen-bond acceptors (Lipinski definition) is 5. The number of benzene rings is 1. The maximum absolute atomic E-state index is 13.3. The van der Waals surface area contributed by atoms with Crippen molar-refractivity contribution in [2.75, 3.05) is 0 Å². The Kier molecular flexibility index (Phi) is 3.91. The van der Waals surface area contributed by atoms with Gasteiger partial charge in [-0.05, 0) is 43.4 Å². The van der Waals surface area contributed by atoms with Crippen LogP contribution in [0.5, 0.6) is 0 Å². The molecule has 1 aliphatic carbocycles. The molecule has 0 bridgehead atoms. The fourth-order valence-electron chi connectivity index (χ4n) is 4.15. The molecule has 1 atom stereocenters. The number of carbonyl (C=O) groups is 1. The first-order chi connectivity index (χ1) is 14.0. The molecular formula is C22H19N5O2. The predicted molar refractivity (Wildman–Crippen MR) is 109 cm³/mol. The molecule has 0 spiro atoms. The summed E-state index contributed by atoms with van der Waals surface area (Å²) >= 11 is 0. The van der Waals surface area contributed by atoms with Crippen molar-refractivity contribution >= 4 is 16.8 Å². The van der Waals surface area contributed by atoms with Crippen molar-refractivity contribution in [1.29, 1.82) is 0 Å². The van der Waals surface area contributed by atoms with Crippen LogP contribution in [0.15, 0.2) is 47.4 Å². The Hall–Kier alpha value is -3.61. The van der Waals surface area contributed by atoms with Crippen LogP contribution in [0.3, 0.4) is 0 Å². The smallest absolute Gasteiger partial charge is 0.283 e. The predicted octanol–water partition coefficient (Wildman–Crippen LogP) is 3.03. The molecule has 0 unspecified atom stereocenters. The van der Waals surface area contributed by atoms with Crippen LogP contribution in [0.25, 0.3) is 17.0 Å². The first-order valence-corrected chi connectivity index (χ1v) is 9.54. The molecule has 0 amide bonds. The van der Waals surface area contributed by atoms with Gasteiger partial charge in [0, 0.05) is 29.6 Å². The summed E-state index contributed by atoms with van der Waals surface area (Å²) in [6.07, 6.45) is 2.61. The Morgan fingerprint density at radius 2 is 1.76 bits per heavy atom. The number of ketones is 1. The van der Waals surface area contributed by atoms with Gasteiger partial charge >= 0.3 is 0 Å². The van der Waals surface area contributed by atoms with Crippen molar-refractivity contribution in [1.82, 2.24) is 24.7 Å². The van der Waals surface area contributed by atoms with E-state index in [4.69, 9.17) is 0 Å². The lowest BCUT2D eigenvalue weighted by Gasteiger charge is -2.23. The molecule has 0 radical (unpaired) electrons. The van der Waals surface area contributed by atoms with Gasteiger partial charge in [-0.15, -0.1) is 0 Å². The van der Waals surface area contributed by atoms with Crippen molar-refractivity contribution in [2.45, 2.75) is 32.6 Å². The van der Waals surface area contributed by atoms with Gasteiger partial charge in [0.25, 0.3) is 11.5 Å². The monoisotopic (exact) mass is 385 g/mol. The molecular weight excluding hydrogens is 366 g/mol. The number of nitrogens with zero attached hydrogens (tertiary/aromatic N) is 4. The summed E-state index contributed by atoms with van der Waals surface area (Å²) in [7, 11) is 0. The highest BCUT2D eigenvalue weighted by Crippen LogP contribution is 2.34. The molecule has 1 aromatic carbocycles. The van der Waals surface area contributed by atoms with Gasteiger partial charge in [0.05, 0.1) is 5.39 Å². The van der Waals surface area contributed by atoms with E-state index in [2.05, 4.69) is 20.1 Å². The molecule has 0 fully saturated rings. The summed E-state index contributed by atoms with van der Waals surface area (Å²) in [5.74, 6) is 0.340. The third-order valence-corrected chi connectivity index (χ3v) is 5.45. The third-order valence-electron chi connectivity index (χ3n) is 5.45. The number of aryl methyl sites for hydroxylation is 2. The van der Waals surface area contributed by atoms with E-state index in [1.807, 2.05) is 50.2 Å². The maximum Gasteiger partial charge on any atom is 0.283 e. The highest BCUT2D eigenvalue weighted by Gasteiger charge is 2.30. The van der Waals surface area contributed by atoms with Crippen LogP contribution in [0.4, 0.5) is 0 Å². The standard InChI is InChI=1S/C22H19N5O2/c1-12-8-13(2)25-22(24-12)27-21(29)19-16-9-15(14-6-4-3-5-7-14)10-18(28)17(16)11-23-20(19)26-27/h3-8,11,15H,9-10H2,1-2H3,(H,23,26)/t15-/m1/s1. The molecule has 4 aromatic rings. The summed E-state index contributed by atoms with van der Waals surface area (Å²) in [6, 6.07) is 11.8. The highest BCUT2D eigenvalue weighted by atomic mass is 16.1. The third kappa shape index (κ3) is 2.86. The second-order valence-corrected chi connectivity index (χ2v) is 7.52. The number of rotatable bonds is 2. The number of nitrogens with one attached hydrogen (secondary N) is 1. The molecule has 3 heterocycles. The lowest BCUT2D eigenvalue weighted by atomic mass is 9.79. The minimum atomic E-state index is -0.282. The van der Waals surface area contributed by atoms with E-state index in [-0.39, 0.29) is 23.2 Å². The Morgan fingerprint density at radius 3 is 2.48 bits per heavy atom. The van der Waals surface area contributed by atoms with Crippen LogP contribution >= 0.6 is 0 Å². The molecule has 29 heavy (non-hydrogen) atoms.